The lowest BCUT2D eigenvalue weighted by atomic mass is 10.2. The molecule has 0 aliphatic rings. The zero-order chi connectivity index (χ0) is 15.8. The highest BCUT2D eigenvalue weighted by atomic mass is 28.3. The summed E-state index contributed by atoms with van der Waals surface area (Å²) in [5.41, 5.74) is 4.93. The van der Waals surface area contributed by atoms with Crippen molar-refractivity contribution >= 4 is 14.1 Å². The van der Waals surface area contributed by atoms with Crippen LogP contribution in [0.2, 0.25) is 13.1 Å². The molecule has 2 rings (SSSR count). The molecule has 0 spiro atoms. The van der Waals surface area contributed by atoms with E-state index in [1.165, 1.54) is 11.6 Å². The topological polar surface area (TPSA) is 9.23 Å². The summed E-state index contributed by atoms with van der Waals surface area (Å²) in [4.78, 5) is 0. The van der Waals surface area contributed by atoms with E-state index in [0.717, 1.165) is 11.3 Å². The van der Waals surface area contributed by atoms with E-state index < -0.39 is 8.07 Å². The van der Waals surface area contributed by atoms with Gasteiger partial charge in [0.1, 0.15) is 5.75 Å². The van der Waals surface area contributed by atoms with Gasteiger partial charge in [-0.3, -0.25) is 0 Å². The summed E-state index contributed by atoms with van der Waals surface area (Å²) in [6.07, 6.45) is 6.39. The largest absolute Gasteiger partial charge is 0.496 e. The third-order valence-corrected chi connectivity index (χ3v) is 5.99. The Bertz CT molecular complexity index is 642. The summed E-state index contributed by atoms with van der Waals surface area (Å²) in [6, 6.07) is 20.0. The minimum atomic E-state index is -1.37. The van der Waals surface area contributed by atoms with Crippen LogP contribution in [0.5, 0.6) is 5.75 Å². The van der Waals surface area contributed by atoms with Gasteiger partial charge in [-0.2, -0.15) is 0 Å². The molecule has 0 saturated heterocycles. The van der Waals surface area contributed by atoms with E-state index >= 15 is 0 Å². The second kappa shape index (κ2) is 7.81. The van der Waals surface area contributed by atoms with E-state index in [0.29, 0.717) is 0 Å². The Balaban J connectivity index is 2.00. The van der Waals surface area contributed by atoms with Crippen LogP contribution in [0.1, 0.15) is 11.1 Å². The number of benzene rings is 2. The number of allylic oxidation sites excluding steroid dienone is 2. The maximum atomic E-state index is 5.36. The van der Waals surface area contributed by atoms with E-state index in [2.05, 4.69) is 73.4 Å². The first-order valence-electron chi connectivity index (χ1n) is 7.63. The van der Waals surface area contributed by atoms with Crippen LogP contribution >= 0.6 is 0 Å². The molecule has 2 aromatic carbocycles. The molecule has 0 atom stereocenters. The van der Waals surface area contributed by atoms with E-state index in [1.807, 2.05) is 18.2 Å². The van der Waals surface area contributed by atoms with Gasteiger partial charge in [0.15, 0.2) is 0 Å². The van der Waals surface area contributed by atoms with Crippen molar-refractivity contribution in [2.75, 3.05) is 7.11 Å². The smallest absolute Gasteiger partial charge is 0.126 e. The van der Waals surface area contributed by atoms with Gasteiger partial charge in [-0.1, -0.05) is 91.1 Å². The van der Waals surface area contributed by atoms with Crippen LogP contribution in [0.4, 0.5) is 0 Å². The Morgan fingerprint density at radius 3 is 2.32 bits per heavy atom. The van der Waals surface area contributed by atoms with Gasteiger partial charge in [0, 0.05) is 5.56 Å². The number of para-hydroxylation sites is 1. The third-order valence-electron chi connectivity index (χ3n) is 3.58. The van der Waals surface area contributed by atoms with Crippen LogP contribution in [0.25, 0.3) is 6.08 Å². The lowest BCUT2D eigenvalue weighted by Gasteiger charge is -2.17. The van der Waals surface area contributed by atoms with Crippen LogP contribution < -0.4 is 4.74 Å². The zero-order valence-electron chi connectivity index (χ0n) is 13.6. The fraction of sp³-hybridized carbons (Fsp3) is 0.200. The van der Waals surface area contributed by atoms with E-state index in [-0.39, 0.29) is 0 Å². The fourth-order valence-electron chi connectivity index (χ4n) is 2.46. The number of ether oxygens (including phenoxy) is 1. The highest BCUT2D eigenvalue weighted by Gasteiger charge is 2.16. The average molecular weight is 308 g/mol. The second-order valence-corrected chi connectivity index (χ2v) is 10.8. The molecule has 114 valence electrons. The Kier molecular flexibility index (Phi) is 5.79. The minimum Gasteiger partial charge on any atom is -0.496 e. The Hall–Kier alpha value is -2.06. The third kappa shape index (κ3) is 5.04. The van der Waals surface area contributed by atoms with Gasteiger partial charge in [0.25, 0.3) is 0 Å². The SMILES string of the molecule is COc1ccccc1/C=C/C=C/[Si](C)(C)Cc1ccccc1. The molecular formula is C20H24OSi. The lowest BCUT2D eigenvalue weighted by Crippen LogP contribution is -2.26. The van der Waals surface area contributed by atoms with Gasteiger partial charge in [-0.05, 0) is 12.1 Å². The van der Waals surface area contributed by atoms with Crippen LogP contribution in [0.3, 0.4) is 0 Å². The van der Waals surface area contributed by atoms with Crippen molar-refractivity contribution in [2.45, 2.75) is 19.1 Å². The quantitative estimate of drug-likeness (QED) is 0.520. The second-order valence-electron chi connectivity index (χ2n) is 6.11. The maximum absolute atomic E-state index is 5.36. The lowest BCUT2D eigenvalue weighted by molar-refractivity contribution is 0.414. The van der Waals surface area contributed by atoms with Crippen LogP contribution in [0, 0.1) is 0 Å². The van der Waals surface area contributed by atoms with E-state index in [4.69, 9.17) is 4.74 Å². The highest BCUT2D eigenvalue weighted by molar-refractivity contribution is 6.81. The predicted molar refractivity (Wildman–Crippen MR) is 98.8 cm³/mol. The van der Waals surface area contributed by atoms with Gasteiger partial charge in [0.2, 0.25) is 0 Å². The maximum Gasteiger partial charge on any atom is 0.126 e. The first-order chi connectivity index (χ1) is 10.6. The van der Waals surface area contributed by atoms with Crippen molar-refractivity contribution in [3.05, 3.63) is 83.6 Å². The van der Waals surface area contributed by atoms with Crippen molar-refractivity contribution in [2.24, 2.45) is 0 Å². The zero-order valence-corrected chi connectivity index (χ0v) is 14.6. The van der Waals surface area contributed by atoms with Crippen LogP contribution in [0.15, 0.2) is 72.4 Å². The minimum absolute atomic E-state index is 0.910. The molecule has 0 aliphatic carbocycles. The summed E-state index contributed by atoms with van der Waals surface area (Å²) in [5, 5.41) is 0. The van der Waals surface area contributed by atoms with Crippen LogP contribution in [-0.2, 0) is 6.04 Å². The van der Waals surface area contributed by atoms with Gasteiger partial charge in [-0.25, -0.2) is 0 Å². The molecular weight excluding hydrogens is 284 g/mol. The number of methoxy groups -OCH3 is 1. The Morgan fingerprint density at radius 1 is 0.909 bits per heavy atom. The molecule has 0 aromatic heterocycles. The monoisotopic (exact) mass is 308 g/mol. The number of hydrogen-bond acceptors (Lipinski definition) is 1. The molecule has 0 amide bonds. The molecule has 0 bridgehead atoms. The number of hydrogen-bond donors (Lipinski definition) is 0. The Morgan fingerprint density at radius 2 is 1.59 bits per heavy atom. The summed E-state index contributed by atoms with van der Waals surface area (Å²) < 4.78 is 5.36. The van der Waals surface area contributed by atoms with Crippen molar-refractivity contribution < 1.29 is 4.74 Å². The van der Waals surface area contributed by atoms with Crippen LogP contribution in [-0.4, -0.2) is 15.2 Å². The molecule has 1 nitrogen and oxygen atoms in total. The molecule has 0 heterocycles. The molecule has 0 fully saturated rings. The normalized spacial score (nSPS) is 12.1. The van der Waals surface area contributed by atoms with E-state index in [9.17, 15) is 0 Å². The van der Waals surface area contributed by atoms with Gasteiger partial charge in [0.05, 0.1) is 15.2 Å². The first-order valence-corrected chi connectivity index (χ1v) is 10.9. The molecule has 0 unspecified atom stereocenters. The molecule has 0 aliphatic heterocycles. The summed E-state index contributed by atoms with van der Waals surface area (Å²) in [5.74, 6) is 0.910. The summed E-state index contributed by atoms with van der Waals surface area (Å²) >= 11 is 0. The molecule has 2 heteroatoms. The summed E-state index contributed by atoms with van der Waals surface area (Å²) in [7, 11) is 0.339. The van der Waals surface area contributed by atoms with Gasteiger partial charge < -0.3 is 4.74 Å². The van der Waals surface area contributed by atoms with Crippen molar-refractivity contribution in [3.63, 3.8) is 0 Å². The molecule has 2 aromatic rings. The van der Waals surface area contributed by atoms with Crippen molar-refractivity contribution in [1.82, 2.24) is 0 Å². The highest BCUT2D eigenvalue weighted by Crippen LogP contribution is 2.19. The molecule has 0 N–H and O–H groups in total. The van der Waals surface area contributed by atoms with Gasteiger partial charge >= 0.3 is 0 Å². The number of rotatable bonds is 6. The predicted octanol–water partition coefficient (Wildman–Crippen LogP) is 5.29. The first kappa shape index (κ1) is 16.3. The van der Waals surface area contributed by atoms with Crippen molar-refractivity contribution in [3.8, 4) is 5.75 Å². The van der Waals surface area contributed by atoms with Gasteiger partial charge in [-0.15, -0.1) is 0 Å². The average Bonchev–Trinajstić information content (AvgIpc) is 2.52. The van der Waals surface area contributed by atoms with E-state index in [1.54, 1.807) is 7.11 Å². The van der Waals surface area contributed by atoms with Crippen molar-refractivity contribution in [1.29, 1.82) is 0 Å². The molecule has 0 radical (unpaired) electrons. The molecule has 0 saturated carbocycles. The molecule has 22 heavy (non-hydrogen) atoms. The standard InChI is InChI=1S/C20H24OSi/c1-21-20-15-8-7-13-19(20)14-9-10-16-22(2,3)17-18-11-5-4-6-12-18/h4-16H,17H2,1-3H3/b14-9+,16-10+. The summed E-state index contributed by atoms with van der Waals surface area (Å²) in [6.45, 7) is 4.79. The fourth-order valence-corrected chi connectivity index (χ4v) is 4.50. The Labute approximate surface area is 135 Å².